The minimum atomic E-state index is -3.69. The van der Waals surface area contributed by atoms with Gasteiger partial charge in [0.15, 0.2) is 0 Å². The van der Waals surface area contributed by atoms with E-state index in [1.807, 2.05) is 0 Å². The third kappa shape index (κ3) is 41.9. The van der Waals surface area contributed by atoms with Crippen molar-refractivity contribution in [3.8, 4) is 0 Å². The molecule has 0 unspecified atom stereocenters. The number of rotatable bonds is 0. The van der Waals surface area contributed by atoms with E-state index in [-0.39, 0.29) is 27.3 Å². The molecule has 0 heterocycles. The van der Waals surface area contributed by atoms with Crippen molar-refractivity contribution in [1.82, 2.24) is 0 Å². The van der Waals surface area contributed by atoms with E-state index < -0.39 is 15.4 Å². The van der Waals surface area contributed by atoms with Crippen LogP contribution in [0.3, 0.4) is 0 Å². The Morgan fingerprint density at radius 1 is 1.40 bits per heavy atom. The van der Waals surface area contributed by atoms with Gasteiger partial charge in [0.2, 0.25) is 0 Å². The van der Waals surface area contributed by atoms with Crippen LogP contribution in [0.15, 0.2) is 0 Å². The molecule has 0 saturated heterocycles. The summed E-state index contributed by atoms with van der Waals surface area (Å²) in [6.45, 7) is 0. The summed E-state index contributed by atoms with van der Waals surface area (Å²) in [4.78, 5) is 0. The topological polar surface area (TPSA) is 54.4 Å². The van der Waals surface area contributed by atoms with Crippen LogP contribution in [0.25, 0.3) is 0 Å². The minimum absolute atomic E-state index is 0. The van der Waals surface area contributed by atoms with Crippen molar-refractivity contribution >= 4 is 27.3 Å². The van der Waals surface area contributed by atoms with Gasteiger partial charge in [0, 0.05) is 27.3 Å². The molecule has 0 spiro atoms. The average molecular weight is 304 g/mol. The molecular weight excluding hydrogens is 303 g/mol. The van der Waals surface area contributed by atoms with Gasteiger partial charge >= 0.3 is 26.8 Å². The van der Waals surface area contributed by atoms with Crippen LogP contribution in [0.1, 0.15) is 0 Å². The van der Waals surface area contributed by atoms with Gasteiger partial charge in [0.1, 0.15) is 0 Å². The minimum Gasteiger partial charge on any atom is 0 e. The smallest absolute Gasteiger partial charge is 0 e. The Bertz CT molecular complexity index is 55.3. The second-order valence-corrected chi connectivity index (χ2v) is 0.981. The molecular formula is HO3TlV. The van der Waals surface area contributed by atoms with Gasteiger partial charge in [0.05, 0.1) is 0 Å². The first-order chi connectivity index (χ1) is 1.73. The summed E-state index contributed by atoms with van der Waals surface area (Å²) < 4.78 is 24.4. The van der Waals surface area contributed by atoms with Crippen molar-refractivity contribution in [2.45, 2.75) is 0 Å². The summed E-state index contributed by atoms with van der Waals surface area (Å²) in [6.07, 6.45) is 0. The largest absolute Gasteiger partial charge is 0 e. The zero-order chi connectivity index (χ0) is 3.58. The Morgan fingerprint density at radius 3 is 1.40 bits per heavy atom. The van der Waals surface area contributed by atoms with E-state index in [0.29, 0.717) is 0 Å². The van der Waals surface area contributed by atoms with E-state index in [1.54, 1.807) is 0 Å². The Morgan fingerprint density at radius 2 is 1.40 bits per heavy atom. The summed E-state index contributed by atoms with van der Waals surface area (Å²) in [6, 6.07) is 0. The maximum absolute atomic E-state index is 8.67. The average Bonchev–Trinajstić information content (AvgIpc) is 0.811. The fraction of sp³-hybridized carbons (Fsp3) is 0. The van der Waals surface area contributed by atoms with Crippen LogP contribution < -0.4 is 0 Å². The van der Waals surface area contributed by atoms with Crippen molar-refractivity contribution < 1.29 is 26.8 Å². The molecule has 5 heavy (non-hydrogen) atoms. The molecule has 1 N–H and O–H groups in total. The maximum Gasteiger partial charge on any atom is 0 e. The first-order valence-electron chi connectivity index (χ1n) is 0.565. The fourth-order valence-electron chi connectivity index (χ4n) is 0. The van der Waals surface area contributed by atoms with Crippen LogP contribution in [0.5, 0.6) is 0 Å². The molecule has 0 aliphatic heterocycles. The van der Waals surface area contributed by atoms with Gasteiger partial charge < -0.3 is 0 Å². The molecule has 0 aliphatic carbocycles. The normalized spacial score (nSPS) is 5.00. The third-order valence-corrected chi connectivity index (χ3v) is 0. The molecule has 0 atom stereocenters. The maximum atomic E-state index is 8.67. The van der Waals surface area contributed by atoms with Crippen molar-refractivity contribution in [3.63, 3.8) is 0 Å². The van der Waals surface area contributed by atoms with Crippen LogP contribution in [0.4, 0.5) is 0 Å². The van der Waals surface area contributed by atoms with Crippen LogP contribution >= 0.6 is 0 Å². The standard InChI is InChI=1S/H2O.2O.Tl.V/h1H2;;;;/q;;;;+1/p-1. The Kier molecular flexibility index (Phi) is 9.54. The number of hydrogen-bond donors (Lipinski definition) is 1. The SMILES string of the molecule is [O]=[V](=[O])[OH].[Tl]. The summed E-state index contributed by atoms with van der Waals surface area (Å²) in [5, 5.41) is 0. The van der Waals surface area contributed by atoms with E-state index >= 15 is 0 Å². The molecule has 0 rings (SSSR count). The van der Waals surface area contributed by atoms with Crippen LogP contribution in [-0.4, -0.2) is 31.3 Å². The van der Waals surface area contributed by atoms with E-state index in [2.05, 4.69) is 0 Å². The van der Waals surface area contributed by atoms with Gasteiger partial charge in [-0.25, -0.2) is 0 Å². The molecule has 0 aliphatic rings. The fourth-order valence-corrected chi connectivity index (χ4v) is 0. The predicted molar refractivity (Wildman–Crippen MR) is 9.35 cm³/mol. The Balaban J connectivity index is 0. The molecule has 0 fully saturated rings. The molecule has 3 nitrogen and oxygen atoms in total. The monoisotopic (exact) mass is 305 g/mol. The first kappa shape index (κ1) is 9.42. The van der Waals surface area contributed by atoms with Gasteiger partial charge in [-0.2, -0.15) is 0 Å². The van der Waals surface area contributed by atoms with Gasteiger partial charge in [-0.1, -0.05) is 0 Å². The summed E-state index contributed by atoms with van der Waals surface area (Å²) in [5.41, 5.74) is 0. The molecule has 0 amide bonds. The zero-order valence-corrected chi connectivity index (χ0v) is 8.17. The van der Waals surface area contributed by atoms with Gasteiger partial charge in [0.25, 0.3) is 0 Å². The second-order valence-electron chi connectivity index (χ2n) is 0.238. The van der Waals surface area contributed by atoms with E-state index in [1.165, 1.54) is 0 Å². The molecule has 1 radical (unpaired) electrons. The van der Waals surface area contributed by atoms with Crippen LogP contribution in [0, 0.1) is 0 Å². The third-order valence-electron chi connectivity index (χ3n) is 0. The van der Waals surface area contributed by atoms with Crippen molar-refractivity contribution in [2.24, 2.45) is 0 Å². The summed E-state index contributed by atoms with van der Waals surface area (Å²) in [7, 11) is 0. The predicted octanol–water partition coefficient (Wildman–Crippen LogP) is -1.18. The number of hydrogen-bond acceptors (Lipinski definition) is 2. The van der Waals surface area contributed by atoms with Crippen molar-refractivity contribution in [1.29, 1.82) is 0 Å². The van der Waals surface area contributed by atoms with Gasteiger partial charge in [-0.15, -0.1) is 0 Å². The van der Waals surface area contributed by atoms with E-state index in [4.69, 9.17) is 11.4 Å². The zero-order valence-electron chi connectivity index (χ0n) is 2.29. The molecule has 5 heteroatoms. The Hall–Kier alpha value is 1.07. The van der Waals surface area contributed by atoms with Gasteiger partial charge in [-0.3, -0.25) is 0 Å². The summed E-state index contributed by atoms with van der Waals surface area (Å²) in [5.74, 6) is 0. The first-order valence-corrected chi connectivity index (χ1v) is 2.33. The molecule has 0 aromatic rings. The van der Waals surface area contributed by atoms with Gasteiger partial charge in [-0.05, 0) is 0 Å². The van der Waals surface area contributed by atoms with Crippen molar-refractivity contribution in [3.05, 3.63) is 0 Å². The quantitative estimate of drug-likeness (QED) is 0.573. The van der Waals surface area contributed by atoms with Crippen molar-refractivity contribution in [2.75, 3.05) is 0 Å². The molecule has 0 bridgehead atoms. The Labute approximate surface area is 53.9 Å². The van der Waals surface area contributed by atoms with Crippen LogP contribution in [0.2, 0.25) is 0 Å². The summed E-state index contributed by atoms with van der Waals surface area (Å²) >= 11 is -3.69. The molecule has 0 aromatic heterocycles. The van der Waals surface area contributed by atoms with Crippen LogP contribution in [-0.2, 0) is 22.7 Å². The molecule has 0 aromatic carbocycles. The second kappa shape index (κ2) is 5.07. The molecule has 27 valence electrons. The molecule has 0 saturated carbocycles. The van der Waals surface area contributed by atoms with E-state index in [0.717, 1.165) is 0 Å². The van der Waals surface area contributed by atoms with E-state index in [9.17, 15) is 0 Å².